The van der Waals surface area contributed by atoms with Crippen molar-refractivity contribution in [2.45, 2.75) is 19.5 Å². The van der Waals surface area contributed by atoms with Gasteiger partial charge in [0, 0.05) is 31.5 Å². The van der Waals surface area contributed by atoms with Crippen molar-refractivity contribution in [2.75, 3.05) is 19.7 Å². The van der Waals surface area contributed by atoms with E-state index in [9.17, 15) is 4.79 Å². The zero-order valence-corrected chi connectivity index (χ0v) is 9.76. The molecular weight excluding hydrogens is 218 g/mol. The van der Waals surface area contributed by atoms with Gasteiger partial charge in [-0.25, -0.2) is 5.06 Å². The van der Waals surface area contributed by atoms with Crippen LogP contribution >= 0.6 is 0 Å². The molecule has 1 unspecified atom stereocenters. The van der Waals surface area contributed by atoms with Crippen molar-refractivity contribution in [1.82, 2.24) is 14.9 Å². The number of fused-ring (bicyclic) bond motifs is 1. The molecule has 0 bridgehead atoms. The molecule has 1 aromatic rings. The summed E-state index contributed by atoms with van der Waals surface area (Å²) in [5, 5.41) is 4.85. The van der Waals surface area contributed by atoms with E-state index in [0.29, 0.717) is 6.61 Å². The van der Waals surface area contributed by atoms with E-state index < -0.39 is 0 Å². The van der Waals surface area contributed by atoms with Crippen molar-refractivity contribution in [3.05, 3.63) is 24.0 Å². The van der Waals surface area contributed by atoms with Crippen LogP contribution in [0.5, 0.6) is 0 Å². The Kier molecular flexibility index (Phi) is 2.86. The van der Waals surface area contributed by atoms with Crippen LogP contribution in [-0.2, 0) is 22.7 Å². The van der Waals surface area contributed by atoms with Gasteiger partial charge in [-0.1, -0.05) is 0 Å². The molecule has 92 valence electrons. The Morgan fingerprint density at radius 2 is 2.47 bits per heavy atom. The van der Waals surface area contributed by atoms with Crippen molar-refractivity contribution in [2.24, 2.45) is 5.92 Å². The molecule has 1 N–H and O–H groups in total. The highest BCUT2D eigenvalue weighted by Gasteiger charge is 2.29. The van der Waals surface area contributed by atoms with Gasteiger partial charge in [-0.05, 0) is 18.6 Å². The maximum atomic E-state index is 12.2. The Balaban J connectivity index is 1.73. The molecule has 1 fully saturated rings. The maximum Gasteiger partial charge on any atom is 0.252 e. The summed E-state index contributed by atoms with van der Waals surface area (Å²) in [6.07, 6.45) is 2.98. The van der Waals surface area contributed by atoms with Gasteiger partial charge in [-0.3, -0.25) is 9.63 Å². The number of amides is 1. The lowest BCUT2D eigenvalue weighted by Gasteiger charge is -2.21. The van der Waals surface area contributed by atoms with Gasteiger partial charge >= 0.3 is 0 Å². The monoisotopic (exact) mass is 235 g/mol. The van der Waals surface area contributed by atoms with Crippen molar-refractivity contribution in [3.8, 4) is 0 Å². The molecule has 1 atom stereocenters. The standard InChI is InChI=1S/C12H17N3O2/c16-12(15-5-2-6-17-15)10-7-13-8-11-3-1-4-14(11)9-10/h1,3-4,10,13H,2,5-9H2. The first-order valence-electron chi connectivity index (χ1n) is 6.13. The normalized spacial score (nSPS) is 24.5. The first kappa shape index (κ1) is 10.8. The van der Waals surface area contributed by atoms with Gasteiger partial charge in [-0.15, -0.1) is 0 Å². The minimum atomic E-state index is -0.0262. The number of carbonyl (C=O) groups excluding carboxylic acids is 1. The van der Waals surface area contributed by atoms with Crippen LogP contribution in [0.2, 0.25) is 0 Å². The van der Waals surface area contributed by atoms with Crippen molar-refractivity contribution >= 4 is 5.91 Å². The van der Waals surface area contributed by atoms with Gasteiger partial charge in [-0.2, -0.15) is 0 Å². The Morgan fingerprint density at radius 1 is 1.53 bits per heavy atom. The average molecular weight is 235 g/mol. The van der Waals surface area contributed by atoms with E-state index in [1.807, 2.05) is 12.3 Å². The largest absolute Gasteiger partial charge is 0.349 e. The minimum Gasteiger partial charge on any atom is -0.349 e. The van der Waals surface area contributed by atoms with Gasteiger partial charge in [0.05, 0.1) is 19.1 Å². The van der Waals surface area contributed by atoms with Crippen molar-refractivity contribution in [3.63, 3.8) is 0 Å². The van der Waals surface area contributed by atoms with Crippen molar-refractivity contribution < 1.29 is 9.63 Å². The summed E-state index contributed by atoms with van der Waals surface area (Å²) in [7, 11) is 0. The summed E-state index contributed by atoms with van der Waals surface area (Å²) in [6.45, 7) is 3.70. The van der Waals surface area contributed by atoms with Crippen LogP contribution in [0.3, 0.4) is 0 Å². The SMILES string of the molecule is O=C(C1CNCc2cccn2C1)N1CCCO1. The number of hydrogen-bond donors (Lipinski definition) is 1. The molecule has 1 amide bonds. The molecule has 2 aliphatic rings. The molecule has 0 aliphatic carbocycles. The third-order valence-electron chi connectivity index (χ3n) is 3.39. The second-order valence-corrected chi connectivity index (χ2v) is 4.61. The first-order chi connectivity index (χ1) is 8.34. The summed E-state index contributed by atoms with van der Waals surface area (Å²) in [5.74, 6) is 0.0818. The van der Waals surface area contributed by atoms with Gasteiger partial charge in [0.15, 0.2) is 0 Å². The Morgan fingerprint density at radius 3 is 3.29 bits per heavy atom. The zero-order valence-electron chi connectivity index (χ0n) is 9.76. The highest BCUT2D eigenvalue weighted by molar-refractivity contribution is 5.78. The number of carbonyl (C=O) groups is 1. The van der Waals surface area contributed by atoms with Crippen LogP contribution < -0.4 is 5.32 Å². The Labute approximate surface area is 100 Å². The summed E-state index contributed by atoms with van der Waals surface area (Å²) < 4.78 is 2.15. The van der Waals surface area contributed by atoms with Crippen LogP contribution in [0.15, 0.2) is 18.3 Å². The van der Waals surface area contributed by atoms with Crippen LogP contribution in [-0.4, -0.2) is 35.2 Å². The number of aromatic nitrogens is 1. The molecule has 3 rings (SSSR count). The first-order valence-corrected chi connectivity index (χ1v) is 6.13. The molecule has 1 saturated heterocycles. The fourth-order valence-corrected chi connectivity index (χ4v) is 2.45. The fraction of sp³-hybridized carbons (Fsp3) is 0.583. The molecule has 0 radical (unpaired) electrons. The van der Waals surface area contributed by atoms with E-state index >= 15 is 0 Å². The molecule has 5 heteroatoms. The number of nitrogens with one attached hydrogen (secondary N) is 1. The number of nitrogens with zero attached hydrogens (tertiary/aromatic N) is 2. The number of hydrogen-bond acceptors (Lipinski definition) is 3. The molecule has 3 heterocycles. The maximum absolute atomic E-state index is 12.2. The van der Waals surface area contributed by atoms with Crippen LogP contribution in [0.4, 0.5) is 0 Å². The van der Waals surface area contributed by atoms with Crippen LogP contribution in [0.1, 0.15) is 12.1 Å². The lowest BCUT2D eigenvalue weighted by Crippen LogP contribution is -2.38. The quantitative estimate of drug-likeness (QED) is 0.765. The Bertz CT molecular complexity index is 410. The molecule has 17 heavy (non-hydrogen) atoms. The molecule has 2 aliphatic heterocycles. The Hall–Kier alpha value is -1.33. The van der Waals surface area contributed by atoms with E-state index in [0.717, 1.165) is 32.6 Å². The lowest BCUT2D eigenvalue weighted by atomic mass is 10.1. The van der Waals surface area contributed by atoms with Gasteiger partial charge < -0.3 is 9.88 Å². The highest BCUT2D eigenvalue weighted by Crippen LogP contribution is 2.16. The summed E-state index contributed by atoms with van der Waals surface area (Å²) >= 11 is 0. The average Bonchev–Trinajstić information content (AvgIpc) is 2.96. The predicted octanol–water partition coefficient (Wildman–Crippen LogP) is 0.371. The van der Waals surface area contributed by atoms with Crippen LogP contribution in [0.25, 0.3) is 0 Å². The molecule has 0 saturated carbocycles. The molecule has 0 aromatic carbocycles. The smallest absolute Gasteiger partial charge is 0.252 e. The predicted molar refractivity (Wildman–Crippen MR) is 61.9 cm³/mol. The molecule has 5 nitrogen and oxygen atoms in total. The van der Waals surface area contributed by atoms with E-state index in [2.05, 4.69) is 16.0 Å². The summed E-state index contributed by atoms with van der Waals surface area (Å²) in [4.78, 5) is 17.6. The number of hydroxylamine groups is 2. The topological polar surface area (TPSA) is 46.5 Å². The van der Waals surface area contributed by atoms with Gasteiger partial charge in [0.2, 0.25) is 0 Å². The van der Waals surface area contributed by atoms with Crippen LogP contribution in [0, 0.1) is 5.92 Å². The lowest BCUT2D eigenvalue weighted by molar-refractivity contribution is -0.173. The van der Waals surface area contributed by atoms with Crippen molar-refractivity contribution in [1.29, 1.82) is 0 Å². The van der Waals surface area contributed by atoms with E-state index in [-0.39, 0.29) is 11.8 Å². The zero-order chi connectivity index (χ0) is 11.7. The number of rotatable bonds is 1. The van der Waals surface area contributed by atoms with Gasteiger partial charge in [0.25, 0.3) is 5.91 Å². The third-order valence-corrected chi connectivity index (χ3v) is 3.39. The molecule has 0 spiro atoms. The third kappa shape index (κ3) is 2.08. The second-order valence-electron chi connectivity index (χ2n) is 4.61. The highest BCUT2D eigenvalue weighted by atomic mass is 16.7. The minimum absolute atomic E-state index is 0.0262. The fourth-order valence-electron chi connectivity index (χ4n) is 2.45. The summed E-state index contributed by atoms with van der Waals surface area (Å²) in [5.41, 5.74) is 1.24. The summed E-state index contributed by atoms with van der Waals surface area (Å²) in [6, 6.07) is 4.11. The second kappa shape index (κ2) is 4.50. The molecular formula is C12H17N3O2. The van der Waals surface area contributed by atoms with E-state index in [1.54, 1.807) is 0 Å². The van der Waals surface area contributed by atoms with Gasteiger partial charge in [0.1, 0.15) is 0 Å². The van der Waals surface area contributed by atoms with E-state index in [4.69, 9.17) is 4.84 Å². The van der Waals surface area contributed by atoms with E-state index in [1.165, 1.54) is 10.8 Å². The molecule has 1 aromatic heterocycles.